The third-order valence-corrected chi connectivity index (χ3v) is 4.26. The zero-order chi connectivity index (χ0) is 23.3. The van der Waals surface area contributed by atoms with Crippen LogP contribution < -0.4 is 16.0 Å². The number of hydrogen-bond donors (Lipinski definition) is 3. The molecule has 0 atom stereocenters. The Labute approximate surface area is 179 Å². The predicted molar refractivity (Wildman–Crippen MR) is 109 cm³/mol. The molecule has 0 aromatic heterocycles. The Morgan fingerprint density at radius 2 is 1.53 bits per heavy atom. The van der Waals surface area contributed by atoms with Gasteiger partial charge in [0.05, 0.1) is 17.8 Å². The largest absolute Gasteiger partial charge is 0.418 e. The maximum Gasteiger partial charge on any atom is 0.418 e. The van der Waals surface area contributed by atoms with Gasteiger partial charge < -0.3 is 16.0 Å². The van der Waals surface area contributed by atoms with Crippen LogP contribution in [-0.2, 0) is 11.0 Å². The number of carbonyl (C=O) groups excluding carboxylic acids is 2. The molecule has 0 heterocycles. The maximum absolute atomic E-state index is 13.6. The number of hydrogen-bond acceptors (Lipinski definition) is 3. The molecule has 5 nitrogen and oxygen atoms in total. The fraction of sp³-hybridized carbons (Fsp3) is 0.0909. The Bertz CT molecular complexity index is 1130. The predicted octanol–water partition coefficient (Wildman–Crippen LogP) is 5.29. The minimum Gasteiger partial charge on any atom is -0.376 e. The third kappa shape index (κ3) is 5.81. The molecular formula is C22H16F5N3O2. The summed E-state index contributed by atoms with van der Waals surface area (Å²) in [5.74, 6) is -3.16. The lowest BCUT2D eigenvalue weighted by molar-refractivity contribution is -0.137. The lowest BCUT2D eigenvalue weighted by atomic mass is 10.1. The second kappa shape index (κ2) is 9.46. The van der Waals surface area contributed by atoms with Gasteiger partial charge in [-0.05, 0) is 42.5 Å². The van der Waals surface area contributed by atoms with Crippen LogP contribution in [0.2, 0.25) is 0 Å². The molecule has 0 spiro atoms. The molecule has 3 N–H and O–H groups in total. The zero-order valence-corrected chi connectivity index (χ0v) is 16.3. The lowest BCUT2D eigenvalue weighted by Gasteiger charge is -2.16. The molecule has 166 valence electrons. The Morgan fingerprint density at radius 1 is 0.812 bits per heavy atom. The first-order valence-corrected chi connectivity index (χ1v) is 9.20. The van der Waals surface area contributed by atoms with Gasteiger partial charge in [-0.15, -0.1) is 0 Å². The van der Waals surface area contributed by atoms with Crippen molar-refractivity contribution in [3.63, 3.8) is 0 Å². The molecule has 3 rings (SSSR count). The second-order valence-electron chi connectivity index (χ2n) is 6.60. The molecule has 32 heavy (non-hydrogen) atoms. The van der Waals surface area contributed by atoms with Gasteiger partial charge in [-0.2, -0.15) is 13.2 Å². The van der Waals surface area contributed by atoms with Crippen molar-refractivity contribution in [2.75, 3.05) is 22.5 Å². The second-order valence-corrected chi connectivity index (χ2v) is 6.60. The molecule has 0 saturated heterocycles. The topological polar surface area (TPSA) is 70.2 Å². The van der Waals surface area contributed by atoms with Crippen molar-refractivity contribution in [1.29, 1.82) is 0 Å². The average molecular weight is 449 g/mol. The first kappa shape index (κ1) is 22.7. The monoisotopic (exact) mass is 449 g/mol. The average Bonchev–Trinajstić information content (AvgIpc) is 2.75. The van der Waals surface area contributed by atoms with Crippen molar-refractivity contribution < 1.29 is 31.5 Å². The summed E-state index contributed by atoms with van der Waals surface area (Å²) < 4.78 is 67.3. The van der Waals surface area contributed by atoms with E-state index in [9.17, 15) is 31.5 Å². The van der Waals surface area contributed by atoms with Crippen molar-refractivity contribution in [2.45, 2.75) is 6.18 Å². The van der Waals surface area contributed by atoms with Crippen molar-refractivity contribution in [3.05, 3.63) is 89.5 Å². The maximum atomic E-state index is 13.6. The highest BCUT2D eigenvalue weighted by Crippen LogP contribution is 2.36. The van der Waals surface area contributed by atoms with E-state index in [0.29, 0.717) is 0 Å². The molecule has 0 fully saturated rings. The molecule has 2 amide bonds. The van der Waals surface area contributed by atoms with E-state index in [0.717, 1.165) is 30.3 Å². The van der Waals surface area contributed by atoms with Crippen LogP contribution in [0.25, 0.3) is 0 Å². The van der Waals surface area contributed by atoms with Crippen LogP contribution in [0.3, 0.4) is 0 Å². The first-order chi connectivity index (χ1) is 15.1. The van der Waals surface area contributed by atoms with Crippen molar-refractivity contribution >= 4 is 28.9 Å². The number of amides is 2. The normalized spacial score (nSPS) is 11.0. The summed E-state index contributed by atoms with van der Waals surface area (Å²) in [6, 6.07) is 13.4. The van der Waals surface area contributed by atoms with Gasteiger partial charge in [-0.1, -0.05) is 18.2 Å². The third-order valence-electron chi connectivity index (χ3n) is 4.26. The number of nitrogens with one attached hydrogen (secondary N) is 3. The van der Waals surface area contributed by atoms with Crippen LogP contribution >= 0.6 is 0 Å². The first-order valence-electron chi connectivity index (χ1n) is 9.20. The van der Waals surface area contributed by atoms with Crippen molar-refractivity contribution in [1.82, 2.24) is 0 Å². The fourth-order valence-electron chi connectivity index (χ4n) is 2.77. The standard InChI is InChI=1S/C22H16F5N3O2/c23-14-6-8-17(24)19(10-14)30-20(31)12-28-18-9-7-15(11-16(18)22(25,26)27)29-21(32)13-4-2-1-3-5-13/h1-11,28H,12H2,(H,29,32)(H,30,31). The molecule has 10 heteroatoms. The number of rotatable bonds is 6. The van der Waals surface area contributed by atoms with Crippen molar-refractivity contribution in [2.24, 2.45) is 0 Å². The molecule has 0 aliphatic carbocycles. The quantitative estimate of drug-likeness (QED) is 0.448. The highest BCUT2D eigenvalue weighted by atomic mass is 19.4. The number of benzene rings is 3. The molecular weight excluding hydrogens is 433 g/mol. The van der Waals surface area contributed by atoms with Gasteiger partial charge in [-0.3, -0.25) is 9.59 Å². The van der Waals surface area contributed by atoms with E-state index >= 15 is 0 Å². The molecule has 3 aromatic rings. The van der Waals surface area contributed by atoms with Gasteiger partial charge in [0.25, 0.3) is 5.91 Å². The Kier molecular flexibility index (Phi) is 6.72. The van der Waals surface area contributed by atoms with Crippen LogP contribution in [0.15, 0.2) is 66.7 Å². The highest BCUT2D eigenvalue weighted by Gasteiger charge is 2.34. The van der Waals surface area contributed by atoms with E-state index in [1.165, 1.54) is 18.2 Å². The number of halogens is 5. The molecule has 0 saturated carbocycles. The number of anilines is 3. The molecule has 3 aromatic carbocycles. The Balaban J connectivity index is 1.72. The number of alkyl halides is 3. The van der Waals surface area contributed by atoms with Crippen LogP contribution in [-0.4, -0.2) is 18.4 Å². The molecule has 0 radical (unpaired) electrons. The molecule has 0 unspecified atom stereocenters. The van der Waals surface area contributed by atoms with E-state index in [1.54, 1.807) is 18.2 Å². The van der Waals surface area contributed by atoms with Crippen LogP contribution in [0.1, 0.15) is 15.9 Å². The van der Waals surface area contributed by atoms with Gasteiger partial charge in [0.1, 0.15) is 11.6 Å². The van der Waals surface area contributed by atoms with Crippen LogP contribution in [0.4, 0.5) is 39.0 Å². The lowest BCUT2D eigenvalue weighted by Crippen LogP contribution is -2.24. The van der Waals surface area contributed by atoms with Crippen LogP contribution in [0.5, 0.6) is 0 Å². The van der Waals surface area contributed by atoms with Crippen LogP contribution in [0, 0.1) is 11.6 Å². The summed E-state index contributed by atoms with van der Waals surface area (Å²) >= 11 is 0. The molecule has 0 aliphatic heterocycles. The zero-order valence-electron chi connectivity index (χ0n) is 16.3. The summed E-state index contributed by atoms with van der Waals surface area (Å²) in [4.78, 5) is 24.2. The van der Waals surface area contributed by atoms with Gasteiger partial charge in [0.15, 0.2) is 0 Å². The summed E-state index contributed by atoms with van der Waals surface area (Å²) in [6.07, 6.45) is -4.79. The minimum absolute atomic E-state index is 0.0944. The SMILES string of the molecule is O=C(CNc1ccc(NC(=O)c2ccccc2)cc1C(F)(F)F)Nc1cc(F)ccc1F. The van der Waals surface area contributed by atoms with Gasteiger partial charge in [0.2, 0.25) is 5.91 Å². The van der Waals surface area contributed by atoms with E-state index in [1.807, 2.05) is 0 Å². The van der Waals surface area contributed by atoms with E-state index in [4.69, 9.17) is 0 Å². The summed E-state index contributed by atoms with van der Waals surface area (Å²) in [6.45, 7) is -0.644. The van der Waals surface area contributed by atoms with E-state index in [2.05, 4.69) is 16.0 Å². The molecule has 0 aliphatic rings. The highest BCUT2D eigenvalue weighted by molar-refractivity contribution is 6.04. The van der Waals surface area contributed by atoms with E-state index < -0.39 is 53.1 Å². The number of carbonyl (C=O) groups is 2. The van der Waals surface area contributed by atoms with Gasteiger partial charge in [-0.25, -0.2) is 8.78 Å². The minimum atomic E-state index is -4.79. The van der Waals surface area contributed by atoms with Gasteiger partial charge >= 0.3 is 6.18 Å². The summed E-state index contributed by atoms with van der Waals surface area (Å²) in [5, 5.41) is 6.79. The smallest absolute Gasteiger partial charge is 0.376 e. The fourth-order valence-corrected chi connectivity index (χ4v) is 2.77. The summed E-state index contributed by atoms with van der Waals surface area (Å²) in [7, 11) is 0. The van der Waals surface area contributed by atoms with Crippen molar-refractivity contribution in [3.8, 4) is 0 Å². The van der Waals surface area contributed by atoms with E-state index in [-0.39, 0.29) is 11.3 Å². The Hall–Kier alpha value is -3.95. The molecule has 0 bridgehead atoms. The summed E-state index contributed by atoms with van der Waals surface area (Å²) in [5.41, 5.74) is -1.81. The van der Waals surface area contributed by atoms with Gasteiger partial charge in [0, 0.05) is 23.0 Å². The Morgan fingerprint density at radius 3 is 2.22 bits per heavy atom.